The average molecular weight is 545 g/mol. The summed E-state index contributed by atoms with van der Waals surface area (Å²) in [5, 5.41) is 6.74. The van der Waals surface area contributed by atoms with Crippen molar-refractivity contribution in [3.05, 3.63) is 88.2 Å². The number of nitrogens with zero attached hydrogens (tertiary/aromatic N) is 2. The Kier molecular flexibility index (Phi) is 7.83. The van der Waals surface area contributed by atoms with E-state index in [0.717, 1.165) is 18.4 Å². The zero-order valence-corrected chi connectivity index (χ0v) is 22.4. The second-order valence-electron chi connectivity index (χ2n) is 9.19. The van der Waals surface area contributed by atoms with Gasteiger partial charge in [0.25, 0.3) is 11.5 Å². The van der Waals surface area contributed by atoms with Crippen molar-refractivity contribution in [1.82, 2.24) is 14.9 Å². The third-order valence-electron chi connectivity index (χ3n) is 6.26. The first-order valence-electron chi connectivity index (χ1n) is 12.5. The van der Waals surface area contributed by atoms with Crippen molar-refractivity contribution in [3.63, 3.8) is 0 Å². The molecule has 39 heavy (non-hydrogen) atoms. The molecular weight excluding hydrogens is 516 g/mol. The maximum atomic E-state index is 13.5. The fraction of sp³-hybridized carbons (Fsp3) is 0.241. The molecule has 1 saturated carbocycles. The molecule has 200 valence electrons. The van der Waals surface area contributed by atoms with E-state index in [1.165, 1.54) is 26.0 Å². The van der Waals surface area contributed by atoms with E-state index in [9.17, 15) is 14.4 Å². The van der Waals surface area contributed by atoms with E-state index in [1.54, 1.807) is 53.1 Å². The van der Waals surface area contributed by atoms with Crippen molar-refractivity contribution in [1.29, 1.82) is 0 Å². The van der Waals surface area contributed by atoms with Gasteiger partial charge in [-0.2, -0.15) is 0 Å². The van der Waals surface area contributed by atoms with Gasteiger partial charge in [0.15, 0.2) is 5.16 Å². The minimum Gasteiger partial charge on any atom is -0.497 e. The summed E-state index contributed by atoms with van der Waals surface area (Å²) in [6, 6.07) is 19.7. The second kappa shape index (κ2) is 11.6. The highest BCUT2D eigenvalue weighted by Gasteiger charge is 2.23. The number of rotatable bonds is 10. The number of benzene rings is 3. The monoisotopic (exact) mass is 544 g/mol. The van der Waals surface area contributed by atoms with Gasteiger partial charge in [-0.3, -0.25) is 19.0 Å². The minimum atomic E-state index is -0.268. The van der Waals surface area contributed by atoms with E-state index >= 15 is 0 Å². The fourth-order valence-electron chi connectivity index (χ4n) is 4.04. The van der Waals surface area contributed by atoms with Crippen LogP contribution in [-0.4, -0.2) is 47.4 Å². The number of nitrogens with one attached hydrogen (secondary N) is 2. The maximum absolute atomic E-state index is 13.5. The second-order valence-corrected chi connectivity index (χ2v) is 10.1. The SMILES string of the molecule is COc1cc(NC(=O)CSc2nc3ccccc3c(=O)n2Cc2ccc(C(=O)NC3CC3)cc2)cc(OC)c1. The smallest absolute Gasteiger partial charge is 0.262 e. The molecule has 1 aliphatic carbocycles. The first-order chi connectivity index (χ1) is 18.9. The summed E-state index contributed by atoms with van der Waals surface area (Å²) in [4.78, 5) is 43.3. The van der Waals surface area contributed by atoms with Crippen LogP contribution in [0.1, 0.15) is 28.8 Å². The van der Waals surface area contributed by atoms with E-state index in [4.69, 9.17) is 14.5 Å². The number of aromatic nitrogens is 2. The van der Waals surface area contributed by atoms with Crippen LogP contribution in [0.3, 0.4) is 0 Å². The zero-order chi connectivity index (χ0) is 27.4. The molecule has 0 bridgehead atoms. The Balaban J connectivity index is 1.35. The molecule has 0 aliphatic heterocycles. The lowest BCUT2D eigenvalue weighted by Crippen LogP contribution is -2.26. The lowest BCUT2D eigenvalue weighted by molar-refractivity contribution is -0.113. The molecule has 5 rings (SSSR count). The molecule has 1 heterocycles. The van der Waals surface area contributed by atoms with Gasteiger partial charge in [-0.25, -0.2) is 4.98 Å². The molecule has 0 saturated heterocycles. The highest BCUT2D eigenvalue weighted by atomic mass is 32.2. The summed E-state index contributed by atoms with van der Waals surface area (Å²) >= 11 is 1.18. The zero-order valence-electron chi connectivity index (χ0n) is 21.6. The number of hydrogen-bond donors (Lipinski definition) is 2. The summed E-state index contributed by atoms with van der Waals surface area (Å²) in [7, 11) is 3.08. The molecule has 0 radical (unpaired) electrons. The Labute approximate surface area is 229 Å². The molecule has 4 aromatic rings. The molecule has 0 unspecified atom stereocenters. The number of para-hydroxylation sites is 1. The van der Waals surface area contributed by atoms with Crippen LogP contribution in [0, 0.1) is 0 Å². The van der Waals surface area contributed by atoms with Gasteiger partial charge in [0.1, 0.15) is 11.5 Å². The fourth-order valence-corrected chi connectivity index (χ4v) is 4.84. The quantitative estimate of drug-likeness (QED) is 0.229. The Morgan fingerprint density at radius 2 is 1.69 bits per heavy atom. The number of fused-ring (bicyclic) bond motifs is 1. The van der Waals surface area contributed by atoms with E-state index in [2.05, 4.69) is 10.6 Å². The number of carbonyl (C=O) groups is 2. The van der Waals surface area contributed by atoms with Crippen LogP contribution in [0.15, 0.2) is 76.7 Å². The highest BCUT2D eigenvalue weighted by Crippen LogP contribution is 2.26. The molecule has 9 nitrogen and oxygen atoms in total. The van der Waals surface area contributed by atoms with Crippen molar-refractivity contribution in [2.45, 2.75) is 30.6 Å². The Morgan fingerprint density at radius 3 is 2.36 bits per heavy atom. The molecule has 0 spiro atoms. The van der Waals surface area contributed by atoms with Crippen LogP contribution in [0.4, 0.5) is 5.69 Å². The number of hydrogen-bond acceptors (Lipinski definition) is 7. The third kappa shape index (κ3) is 6.40. The van der Waals surface area contributed by atoms with Gasteiger partial charge in [-0.05, 0) is 42.7 Å². The summed E-state index contributed by atoms with van der Waals surface area (Å²) < 4.78 is 12.1. The van der Waals surface area contributed by atoms with Gasteiger partial charge in [-0.15, -0.1) is 0 Å². The van der Waals surface area contributed by atoms with E-state index in [1.807, 2.05) is 18.2 Å². The lowest BCUT2D eigenvalue weighted by Gasteiger charge is -2.14. The maximum Gasteiger partial charge on any atom is 0.262 e. The average Bonchev–Trinajstić information content (AvgIpc) is 3.77. The molecule has 1 aliphatic rings. The number of methoxy groups -OCH3 is 2. The molecule has 2 amide bonds. The van der Waals surface area contributed by atoms with Crippen LogP contribution in [0.5, 0.6) is 11.5 Å². The topological polar surface area (TPSA) is 112 Å². The molecular formula is C29H28N4O5S. The minimum absolute atomic E-state index is 0.0323. The van der Waals surface area contributed by atoms with Gasteiger partial charge < -0.3 is 20.1 Å². The van der Waals surface area contributed by atoms with Gasteiger partial charge >= 0.3 is 0 Å². The van der Waals surface area contributed by atoms with Crippen LogP contribution in [0.25, 0.3) is 10.9 Å². The van der Waals surface area contributed by atoms with Crippen molar-refractivity contribution < 1.29 is 19.1 Å². The number of amides is 2. The summed E-state index contributed by atoms with van der Waals surface area (Å²) in [6.45, 7) is 0.248. The molecule has 1 aromatic heterocycles. The van der Waals surface area contributed by atoms with E-state index < -0.39 is 0 Å². The first kappa shape index (κ1) is 26.3. The van der Waals surface area contributed by atoms with Crippen molar-refractivity contribution in [3.8, 4) is 11.5 Å². The normalized spacial score (nSPS) is 12.7. The highest BCUT2D eigenvalue weighted by molar-refractivity contribution is 7.99. The third-order valence-corrected chi connectivity index (χ3v) is 7.24. The Bertz CT molecular complexity index is 1560. The number of anilines is 1. The number of thioether (sulfide) groups is 1. The summed E-state index contributed by atoms with van der Waals surface area (Å²) in [5.41, 5.74) is 2.32. The number of carbonyl (C=O) groups excluding carboxylic acids is 2. The van der Waals surface area contributed by atoms with Crippen molar-refractivity contribution in [2.24, 2.45) is 0 Å². The van der Waals surface area contributed by atoms with Gasteiger partial charge in [0.2, 0.25) is 5.91 Å². The Hall–Kier alpha value is -4.31. The Morgan fingerprint density at radius 1 is 1.00 bits per heavy atom. The van der Waals surface area contributed by atoms with Crippen molar-refractivity contribution in [2.75, 3.05) is 25.3 Å². The lowest BCUT2D eigenvalue weighted by atomic mass is 10.1. The van der Waals surface area contributed by atoms with E-state index in [0.29, 0.717) is 38.8 Å². The van der Waals surface area contributed by atoms with Crippen molar-refractivity contribution >= 4 is 40.2 Å². The summed E-state index contributed by atoms with van der Waals surface area (Å²) in [6.07, 6.45) is 2.04. The van der Waals surface area contributed by atoms with Crippen LogP contribution < -0.4 is 25.7 Å². The number of ether oxygens (including phenoxy) is 2. The predicted molar refractivity (Wildman–Crippen MR) is 151 cm³/mol. The molecule has 1 fully saturated rings. The van der Waals surface area contributed by atoms with Gasteiger partial charge in [-0.1, -0.05) is 36.0 Å². The summed E-state index contributed by atoms with van der Waals surface area (Å²) in [5.74, 6) is 0.779. The molecule has 3 aromatic carbocycles. The van der Waals surface area contributed by atoms with Gasteiger partial charge in [0.05, 0.1) is 37.4 Å². The van der Waals surface area contributed by atoms with E-state index in [-0.39, 0.29) is 35.7 Å². The molecule has 2 N–H and O–H groups in total. The first-order valence-corrected chi connectivity index (χ1v) is 13.5. The largest absolute Gasteiger partial charge is 0.497 e. The predicted octanol–water partition coefficient (Wildman–Crippen LogP) is 4.09. The van der Waals surface area contributed by atoms with Crippen LogP contribution in [-0.2, 0) is 11.3 Å². The van der Waals surface area contributed by atoms with Crippen LogP contribution in [0.2, 0.25) is 0 Å². The molecule has 0 atom stereocenters. The standard InChI is InChI=1S/C29H28N4O5S/c1-37-22-13-21(14-23(15-22)38-2)30-26(34)17-39-29-32-25-6-4-3-5-24(25)28(36)33(29)16-18-7-9-19(10-8-18)27(35)31-20-11-12-20/h3-10,13-15,20H,11-12,16-17H2,1-2H3,(H,30,34)(H,31,35). The van der Waals surface area contributed by atoms with Gasteiger partial charge in [0, 0.05) is 35.5 Å². The van der Waals surface area contributed by atoms with Crippen LogP contribution >= 0.6 is 11.8 Å². The molecule has 10 heteroatoms.